The van der Waals surface area contributed by atoms with Gasteiger partial charge in [0.15, 0.2) is 0 Å². The third-order valence-corrected chi connectivity index (χ3v) is 6.65. The van der Waals surface area contributed by atoms with Gasteiger partial charge in [0, 0.05) is 5.39 Å². The van der Waals surface area contributed by atoms with Crippen molar-refractivity contribution in [1.82, 2.24) is 0 Å². The molecular weight excluding hydrogens is 364 g/mol. The Hall–Kier alpha value is -3.84. The fourth-order valence-corrected chi connectivity index (χ4v) is 5.33. The molecule has 0 aromatic heterocycles. The van der Waals surface area contributed by atoms with Gasteiger partial charge in [-0.05, 0) is 84.2 Å². The maximum atomic E-state index is 5.76. The van der Waals surface area contributed by atoms with Crippen LogP contribution < -0.4 is 4.74 Å². The van der Waals surface area contributed by atoms with E-state index >= 15 is 0 Å². The van der Waals surface area contributed by atoms with Crippen molar-refractivity contribution in [2.24, 2.45) is 0 Å². The molecule has 0 fully saturated rings. The molecule has 0 saturated carbocycles. The lowest BCUT2D eigenvalue weighted by Crippen LogP contribution is -1.88. The van der Waals surface area contributed by atoms with Crippen LogP contribution in [0.2, 0.25) is 0 Å². The molecule has 1 heteroatoms. The Kier molecular flexibility index (Phi) is 2.99. The number of fused-ring (bicyclic) bond motifs is 8. The molecule has 1 aliphatic rings. The summed E-state index contributed by atoms with van der Waals surface area (Å²) < 4.78 is 5.76. The average Bonchev–Trinajstić information content (AvgIpc) is 3.11. The van der Waals surface area contributed by atoms with Gasteiger partial charge in [0.05, 0.1) is 7.11 Å². The van der Waals surface area contributed by atoms with Crippen molar-refractivity contribution in [2.75, 3.05) is 7.11 Å². The van der Waals surface area contributed by atoms with Crippen molar-refractivity contribution >= 4 is 43.1 Å². The Labute approximate surface area is 174 Å². The molecule has 0 heterocycles. The Morgan fingerprint density at radius 3 is 2.00 bits per heavy atom. The minimum absolute atomic E-state index is 0.928. The van der Waals surface area contributed by atoms with Gasteiger partial charge in [-0.15, -0.1) is 0 Å². The maximum Gasteiger partial charge on any atom is 0.127 e. The molecule has 0 radical (unpaired) electrons. The van der Waals surface area contributed by atoms with Crippen molar-refractivity contribution in [3.8, 4) is 28.0 Å². The topological polar surface area (TPSA) is 9.23 Å². The first kappa shape index (κ1) is 16.0. The zero-order chi connectivity index (χ0) is 19.8. The number of hydrogen-bond acceptors (Lipinski definition) is 1. The van der Waals surface area contributed by atoms with Crippen LogP contribution in [-0.2, 0) is 0 Å². The van der Waals surface area contributed by atoms with Gasteiger partial charge >= 0.3 is 0 Å². The average molecular weight is 382 g/mol. The highest BCUT2D eigenvalue weighted by molar-refractivity contribution is 6.28. The van der Waals surface area contributed by atoms with Gasteiger partial charge in [0.25, 0.3) is 0 Å². The smallest absolute Gasteiger partial charge is 0.127 e. The molecule has 30 heavy (non-hydrogen) atoms. The van der Waals surface area contributed by atoms with Crippen LogP contribution >= 0.6 is 0 Å². The van der Waals surface area contributed by atoms with Gasteiger partial charge in [-0.3, -0.25) is 0 Å². The molecule has 140 valence electrons. The van der Waals surface area contributed by atoms with E-state index in [0.29, 0.717) is 0 Å². The molecule has 1 nitrogen and oxygen atoms in total. The first-order valence-electron chi connectivity index (χ1n) is 10.3. The SMILES string of the molecule is COc1cccc2ccc3c4cccc5c4c(cc3c12)-c1cc2ccccc2cc1-5. The molecule has 0 N–H and O–H groups in total. The van der Waals surface area contributed by atoms with E-state index in [0.717, 1.165) is 5.75 Å². The molecule has 0 spiro atoms. The monoisotopic (exact) mass is 382 g/mol. The van der Waals surface area contributed by atoms with Gasteiger partial charge in [0.1, 0.15) is 5.75 Å². The van der Waals surface area contributed by atoms with E-state index in [-0.39, 0.29) is 0 Å². The maximum absolute atomic E-state index is 5.76. The van der Waals surface area contributed by atoms with E-state index in [1.807, 2.05) is 0 Å². The van der Waals surface area contributed by atoms with Gasteiger partial charge in [0.2, 0.25) is 0 Å². The third-order valence-electron chi connectivity index (χ3n) is 6.65. The summed E-state index contributed by atoms with van der Waals surface area (Å²) in [6.07, 6.45) is 0. The van der Waals surface area contributed by atoms with E-state index in [4.69, 9.17) is 4.74 Å². The first-order chi connectivity index (χ1) is 14.8. The van der Waals surface area contributed by atoms with Crippen LogP contribution in [0.15, 0.2) is 91.0 Å². The van der Waals surface area contributed by atoms with E-state index in [9.17, 15) is 0 Å². The van der Waals surface area contributed by atoms with Gasteiger partial charge in [-0.1, -0.05) is 66.7 Å². The van der Waals surface area contributed by atoms with Crippen LogP contribution in [0.3, 0.4) is 0 Å². The van der Waals surface area contributed by atoms with E-state index in [2.05, 4.69) is 91.0 Å². The van der Waals surface area contributed by atoms with E-state index < -0.39 is 0 Å². The summed E-state index contributed by atoms with van der Waals surface area (Å²) >= 11 is 0. The number of methoxy groups -OCH3 is 1. The fraction of sp³-hybridized carbons (Fsp3) is 0.0345. The predicted octanol–water partition coefficient (Wildman–Crippen LogP) is 7.96. The molecule has 0 amide bonds. The standard InChI is InChI=1S/C29H18O/c1-30-27-11-4-8-17-12-13-20-21-9-5-10-22-23-14-18-6-2-3-7-19(18)15-24(23)26(29(21)22)16-25(20)28(17)27/h2-16H,1H3. The van der Waals surface area contributed by atoms with Crippen LogP contribution in [-0.4, -0.2) is 7.11 Å². The van der Waals surface area contributed by atoms with Gasteiger partial charge < -0.3 is 4.74 Å². The lowest BCUT2D eigenvalue weighted by Gasteiger charge is -2.13. The van der Waals surface area contributed by atoms with Crippen molar-refractivity contribution in [2.45, 2.75) is 0 Å². The summed E-state index contributed by atoms with van der Waals surface area (Å²) in [4.78, 5) is 0. The highest BCUT2D eigenvalue weighted by Gasteiger charge is 2.24. The zero-order valence-electron chi connectivity index (χ0n) is 16.6. The second-order valence-corrected chi connectivity index (χ2v) is 8.12. The first-order valence-corrected chi connectivity index (χ1v) is 10.3. The number of hydrogen-bond donors (Lipinski definition) is 0. The second-order valence-electron chi connectivity index (χ2n) is 8.12. The molecule has 6 aromatic rings. The zero-order valence-corrected chi connectivity index (χ0v) is 16.6. The molecule has 0 saturated heterocycles. The summed E-state index contributed by atoms with van der Waals surface area (Å²) in [5.41, 5.74) is 5.33. The highest BCUT2D eigenvalue weighted by atomic mass is 16.5. The third kappa shape index (κ3) is 1.92. The minimum atomic E-state index is 0.928. The molecule has 7 rings (SSSR count). The minimum Gasteiger partial charge on any atom is -0.496 e. The lowest BCUT2D eigenvalue weighted by atomic mass is 9.93. The highest BCUT2D eigenvalue weighted by Crippen LogP contribution is 2.51. The van der Waals surface area contributed by atoms with Crippen molar-refractivity contribution in [3.63, 3.8) is 0 Å². The second kappa shape index (κ2) is 5.61. The quantitative estimate of drug-likeness (QED) is 0.262. The van der Waals surface area contributed by atoms with Crippen molar-refractivity contribution < 1.29 is 4.74 Å². The molecule has 0 bridgehead atoms. The molecule has 0 unspecified atom stereocenters. The van der Waals surface area contributed by atoms with E-state index in [1.165, 1.54) is 65.3 Å². The van der Waals surface area contributed by atoms with Crippen LogP contribution in [0.25, 0.3) is 65.3 Å². The van der Waals surface area contributed by atoms with Crippen LogP contribution in [0.1, 0.15) is 0 Å². The molecule has 0 aliphatic heterocycles. The molecule has 0 atom stereocenters. The largest absolute Gasteiger partial charge is 0.496 e. The van der Waals surface area contributed by atoms with Crippen LogP contribution in [0, 0.1) is 0 Å². The summed E-state index contributed by atoms with van der Waals surface area (Å²) in [6.45, 7) is 0. The predicted molar refractivity (Wildman–Crippen MR) is 127 cm³/mol. The lowest BCUT2D eigenvalue weighted by molar-refractivity contribution is 0.420. The number of ether oxygens (including phenoxy) is 1. The van der Waals surface area contributed by atoms with Gasteiger partial charge in [-0.2, -0.15) is 0 Å². The van der Waals surface area contributed by atoms with Crippen LogP contribution in [0.4, 0.5) is 0 Å². The molecule has 1 aliphatic carbocycles. The Morgan fingerprint density at radius 2 is 1.20 bits per heavy atom. The Bertz CT molecular complexity index is 1670. The van der Waals surface area contributed by atoms with E-state index in [1.54, 1.807) is 7.11 Å². The summed E-state index contributed by atoms with van der Waals surface area (Å²) in [5, 5.41) is 10.2. The summed E-state index contributed by atoms with van der Waals surface area (Å²) in [5.74, 6) is 0.928. The summed E-state index contributed by atoms with van der Waals surface area (Å²) in [7, 11) is 1.76. The molecule has 6 aromatic carbocycles. The normalized spacial score (nSPS) is 12.2. The fourth-order valence-electron chi connectivity index (χ4n) is 5.33. The van der Waals surface area contributed by atoms with Crippen molar-refractivity contribution in [3.05, 3.63) is 91.0 Å². The Morgan fingerprint density at radius 1 is 0.467 bits per heavy atom. The number of benzene rings is 6. The van der Waals surface area contributed by atoms with Crippen LogP contribution in [0.5, 0.6) is 5.75 Å². The van der Waals surface area contributed by atoms with Gasteiger partial charge in [-0.25, -0.2) is 0 Å². The Balaban J connectivity index is 1.72. The summed E-state index contributed by atoms with van der Waals surface area (Å²) in [6, 6.07) is 33.2. The number of rotatable bonds is 1. The molecular formula is C29H18O. The van der Waals surface area contributed by atoms with Crippen molar-refractivity contribution in [1.29, 1.82) is 0 Å².